The predicted octanol–water partition coefficient (Wildman–Crippen LogP) is 2.49. The van der Waals surface area contributed by atoms with E-state index < -0.39 is 23.8 Å². The number of ether oxygens (including phenoxy) is 3. The van der Waals surface area contributed by atoms with Crippen molar-refractivity contribution in [3.8, 4) is 0 Å². The molecule has 1 N–H and O–H groups in total. The first-order valence-corrected chi connectivity index (χ1v) is 9.17. The molecule has 0 radical (unpaired) electrons. The van der Waals surface area contributed by atoms with Gasteiger partial charge in [0.2, 0.25) is 5.91 Å². The number of carbonyl (C=O) groups is 4. The van der Waals surface area contributed by atoms with Crippen LogP contribution in [-0.4, -0.2) is 49.2 Å². The Hall–Kier alpha value is -3.62. The van der Waals surface area contributed by atoms with Gasteiger partial charge < -0.3 is 24.1 Å². The Labute approximate surface area is 173 Å². The average molecular weight is 416 g/mol. The summed E-state index contributed by atoms with van der Waals surface area (Å²) in [5, 5.41) is 2.66. The van der Waals surface area contributed by atoms with E-state index in [9.17, 15) is 19.2 Å². The Balaban J connectivity index is 2.27. The second-order valence-corrected chi connectivity index (χ2v) is 6.42. The zero-order valence-corrected chi connectivity index (χ0v) is 17.5. The highest BCUT2D eigenvalue weighted by molar-refractivity contribution is 5.99. The van der Waals surface area contributed by atoms with E-state index in [0.29, 0.717) is 17.0 Å². The van der Waals surface area contributed by atoms with E-state index in [-0.39, 0.29) is 30.0 Å². The van der Waals surface area contributed by atoms with Crippen molar-refractivity contribution in [2.24, 2.45) is 0 Å². The molecule has 2 rings (SSSR count). The van der Waals surface area contributed by atoms with Crippen molar-refractivity contribution in [1.29, 1.82) is 0 Å². The summed E-state index contributed by atoms with van der Waals surface area (Å²) in [7, 11) is 2.42. The predicted molar refractivity (Wildman–Crippen MR) is 108 cm³/mol. The van der Waals surface area contributed by atoms with Crippen molar-refractivity contribution in [3.63, 3.8) is 0 Å². The van der Waals surface area contributed by atoms with E-state index in [1.54, 1.807) is 31.4 Å². The molecule has 1 heterocycles. The minimum absolute atomic E-state index is 0.0763. The number of nitrogens with one attached hydrogen (secondary N) is 1. The highest BCUT2D eigenvalue weighted by Gasteiger charge is 2.19. The summed E-state index contributed by atoms with van der Waals surface area (Å²) in [6, 6.07) is 5.78. The van der Waals surface area contributed by atoms with Crippen LogP contribution in [0.3, 0.4) is 0 Å². The molecule has 0 atom stereocenters. The summed E-state index contributed by atoms with van der Waals surface area (Å²) in [4.78, 5) is 48.4. The van der Waals surface area contributed by atoms with Crippen LogP contribution in [0, 0.1) is 13.8 Å². The minimum Gasteiger partial charge on any atom is -0.465 e. The number of esters is 3. The van der Waals surface area contributed by atoms with Crippen molar-refractivity contribution in [2.75, 3.05) is 26.1 Å². The third-order valence-corrected chi connectivity index (χ3v) is 4.43. The monoisotopic (exact) mass is 416 g/mol. The Morgan fingerprint density at radius 3 is 1.97 bits per heavy atom. The second kappa shape index (κ2) is 9.73. The molecule has 0 aliphatic carbocycles. The molecule has 0 saturated heterocycles. The largest absolute Gasteiger partial charge is 0.465 e. The van der Waals surface area contributed by atoms with Gasteiger partial charge in [-0.15, -0.1) is 0 Å². The number of carbonyl (C=O) groups excluding carboxylic acids is 4. The zero-order chi connectivity index (χ0) is 22.4. The van der Waals surface area contributed by atoms with Crippen molar-refractivity contribution >= 4 is 29.5 Å². The molecule has 0 aliphatic heterocycles. The van der Waals surface area contributed by atoms with Gasteiger partial charge in [-0.1, -0.05) is 0 Å². The van der Waals surface area contributed by atoms with Crippen LogP contribution in [0.15, 0.2) is 24.3 Å². The molecule has 0 spiro atoms. The first-order chi connectivity index (χ1) is 14.2. The van der Waals surface area contributed by atoms with Crippen LogP contribution in [0.1, 0.15) is 49.4 Å². The Bertz CT molecular complexity index is 957. The van der Waals surface area contributed by atoms with Gasteiger partial charge in [0.1, 0.15) is 6.54 Å². The van der Waals surface area contributed by atoms with E-state index in [0.717, 1.165) is 0 Å². The maximum Gasteiger partial charge on any atom is 0.339 e. The molecular formula is C21H24N2O7. The Morgan fingerprint density at radius 1 is 0.900 bits per heavy atom. The number of nitrogens with zero attached hydrogens (tertiary/aromatic N) is 1. The molecule has 0 unspecified atom stereocenters. The van der Waals surface area contributed by atoms with Gasteiger partial charge in [-0.3, -0.25) is 4.79 Å². The number of hydrogen-bond donors (Lipinski definition) is 1. The molecule has 30 heavy (non-hydrogen) atoms. The van der Waals surface area contributed by atoms with Gasteiger partial charge in [-0.25, -0.2) is 14.4 Å². The summed E-state index contributed by atoms with van der Waals surface area (Å²) in [6.07, 6.45) is 0. The molecule has 9 nitrogen and oxygen atoms in total. The van der Waals surface area contributed by atoms with Crippen LogP contribution in [0.5, 0.6) is 0 Å². The molecule has 2 aromatic rings. The minimum atomic E-state index is -0.660. The molecule has 0 aliphatic rings. The first-order valence-electron chi connectivity index (χ1n) is 9.17. The van der Waals surface area contributed by atoms with E-state index in [1.807, 2.05) is 0 Å². The number of rotatable bonds is 7. The summed E-state index contributed by atoms with van der Waals surface area (Å²) >= 11 is 0. The highest BCUT2D eigenvalue weighted by Crippen LogP contribution is 2.19. The standard InChI is InChI=1S/C21H24N2O7/c1-6-30-21(27)17-7-12(2)23(13(17)3)11-18(24)22-16-9-14(19(25)28-4)8-15(10-16)20(26)29-5/h7-10H,6,11H2,1-5H3,(H,22,24). The second-order valence-electron chi connectivity index (χ2n) is 6.42. The summed E-state index contributed by atoms with van der Waals surface area (Å²) in [6.45, 7) is 5.39. The fourth-order valence-corrected chi connectivity index (χ4v) is 2.98. The van der Waals surface area contributed by atoms with Crippen molar-refractivity contribution in [2.45, 2.75) is 27.3 Å². The zero-order valence-electron chi connectivity index (χ0n) is 17.5. The molecule has 0 bridgehead atoms. The van der Waals surface area contributed by atoms with E-state index in [4.69, 9.17) is 4.74 Å². The maximum absolute atomic E-state index is 12.6. The lowest BCUT2D eigenvalue weighted by Gasteiger charge is -2.12. The molecule has 1 aromatic carbocycles. The quantitative estimate of drug-likeness (QED) is 0.545. The number of aryl methyl sites for hydroxylation is 1. The highest BCUT2D eigenvalue weighted by atomic mass is 16.5. The third-order valence-electron chi connectivity index (χ3n) is 4.43. The van der Waals surface area contributed by atoms with E-state index in [1.165, 1.54) is 32.4 Å². The fraction of sp³-hybridized carbons (Fsp3) is 0.333. The van der Waals surface area contributed by atoms with Crippen molar-refractivity contribution < 1.29 is 33.4 Å². The molecule has 1 amide bonds. The molecular weight excluding hydrogens is 392 g/mol. The molecule has 0 fully saturated rings. The number of amides is 1. The van der Waals surface area contributed by atoms with Crippen molar-refractivity contribution in [3.05, 3.63) is 52.3 Å². The number of benzene rings is 1. The normalized spacial score (nSPS) is 10.3. The van der Waals surface area contributed by atoms with Gasteiger partial charge in [-0.2, -0.15) is 0 Å². The van der Waals surface area contributed by atoms with Crippen molar-refractivity contribution in [1.82, 2.24) is 4.57 Å². The summed E-state index contributed by atoms with van der Waals surface area (Å²) in [5.74, 6) is -2.18. The van der Waals surface area contributed by atoms with Gasteiger partial charge in [0.25, 0.3) is 0 Å². The smallest absolute Gasteiger partial charge is 0.339 e. The average Bonchev–Trinajstić information content (AvgIpc) is 3.00. The number of aromatic nitrogens is 1. The topological polar surface area (TPSA) is 113 Å². The SMILES string of the molecule is CCOC(=O)c1cc(C)n(CC(=O)Nc2cc(C(=O)OC)cc(C(=O)OC)c2)c1C. The Morgan fingerprint density at radius 2 is 1.47 bits per heavy atom. The first kappa shape index (κ1) is 22.7. The lowest BCUT2D eigenvalue weighted by atomic mass is 10.1. The number of anilines is 1. The lowest BCUT2D eigenvalue weighted by molar-refractivity contribution is -0.116. The van der Waals surface area contributed by atoms with Crippen LogP contribution in [0.4, 0.5) is 5.69 Å². The molecule has 0 saturated carbocycles. The molecule has 9 heteroatoms. The number of methoxy groups -OCH3 is 2. The molecule has 1 aromatic heterocycles. The van der Waals surface area contributed by atoms with Gasteiger partial charge in [0.15, 0.2) is 0 Å². The van der Waals surface area contributed by atoms with Crippen LogP contribution < -0.4 is 5.32 Å². The van der Waals surface area contributed by atoms with Gasteiger partial charge >= 0.3 is 17.9 Å². The third kappa shape index (κ3) is 5.05. The van der Waals surface area contributed by atoms with Crippen LogP contribution in [0.2, 0.25) is 0 Å². The van der Waals surface area contributed by atoms with Gasteiger partial charge in [-0.05, 0) is 45.0 Å². The van der Waals surface area contributed by atoms with Gasteiger partial charge in [0.05, 0.1) is 37.5 Å². The van der Waals surface area contributed by atoms with E-state index >= 15 is 0 Å². The lowest BCUT2D eigenvalue weighted by Crippen LogP contribution is -2.21. The maximum atomic E-state index is 12.6. The van der Waals surface area contributed by atoms with Crippen LogP contribution in [-0.2, 0) is 25.5 Å². The van der Waals surface area contributed by atoms with Crippen LogP contribution in [0.25, 0.3) is 0 Å². The fourth-order valence-electron chi connectivity index (χ4n) is 2.98. The van der Waals surface area contributed by atoms with Crippen LogP contribution >= 0.6 is 0 Å². The van der Waals surface area contributed by atoms with E-state index in [2.05, 4.69) is 14.8 Å². The number of hydrogen-bond acceptors (Lipinski definition) is 7. The summed E-state index contributed by atoms with van der Waals surface area (Å²) in [5.41, 5.74) is 2.12. The van der Waals surface area contributed by atoms with Gasteiger partial charge in [0, 0.05) is 17.1 Å². The summed E-state index contributed by atoms with van der Waals surface area (Å²) < 4.78 is 16.1. The Kier molecular flexibility index (Phi) is 7.35. The molecule has 160 valence electrons.